The fourth-order valence-corrected chi connectivity index (χ4v) is 4.80. The van der Waals surface area contributed by atoms with Gasteiger partial charge in [-0.3, -0.25) is 4.99 Å². The fraction of sp³-hybridized carbons (Fsp3) is 0.714. The molecule has 1 aliphatic heterocycles. The van der Waals surface area contributed by atoms with E-state index >= 15 is 0 Å². The maximum atomic E-state index is 4.71. The van der Waals surface area contributed by atoms with Gasteiger partial charge in [0.1, 0.15) is 0 Å². The average molecular weight is 295 g/mol. The molecule has 2 unspecified atom stereocenters. The number of aryl methyl sites for hydroxylation is 1. The Morgan fingerprint density at radius 1 is 1.42 bits per heavy atom. The molecule has 2 atom stereocenters. The number of thioether (sulfide) groups is 1. The highest BCUT2D eigenvalue weighted by Gasteiger charge is 2.29. The molecule has 2 fully saturated rings. The second kappa shape index (κ2) is 6.27. The molecule has 19 heavy (non-hydrogen) atoms. The summed E-state index contributed by atoms with van der Waals surface area (Å²) in [6.07, 6.45) is 6.49. The van der Waals surface area contributed by atoms with Crippen molar-refractivity contribution in [3.05, 3.63) is 16.1 Å². The molecular formula is C14H21N3S2. The van der Waals surface area contributed by atoms with Crippen molar-refractivity contribution in [2.45, 2.75) is 45.1 Å². The quantitative estimate of drug-likeness (QED) is 0.930. The van der Waals surface area contributed by atoms with Crippen molar-refractivity contribution in [2.75, 3.05) is 12.3 Å². The molecule has 0 amide bonds. The highest BCUT2D eigenvalue weighted by Crippen LogP contribution is 2.31. The van der Waals surface area contributed by atoms with E-state index in [0.717, 1.165) is 29.7 Å². The van der Waals surface area contributed by atoms with Gasteiger partial charge in [-0.05, 0) is 25.7 Å². The number of rotatable bonds is 3. The molecule has 1 aromatic rings. The first-order valence-electron chi connectivity index (χ1n) is 7.16. The molecule has 5 heteroatoms. The Labute approximate surface area is 123 Å². The van der Waals surface area contributed by atoms with E-state index in [1.165, 1.54) is 36.4 Å². The molecule has 104 valence electrons. The lowest BCUT2D eigenvalue weighted by Crippen LogP contribution is -2.46. The second-order valence-electron chi connectivity index (χ2n) is 5.43. The minimum atomic E-state index is 0.691. The monoisotopic (exact) mass is 295 g/mol. The summed E-state index contributed by atoms with van der Waals surface area (Å²) >= 11 is 3.66. The van der Waals surface area contributed by atoms with Gasteiger partial charge in [0.25, 0.3) is 0 Å². The van der Waals surface area contributed by atoms with Crippen LogP contribution in [0.2, 0.25) is 0 Å². The van der Waals surface area contributed by atoms with Gasteiger partial charge in [-0.25, -0.2) is 4.98 Å². The molecule has 0 radical (unpaired) electrons. The van der Waals surface area contributed by atoms with Crippen LogP contribution in [0.5, 0.6) is 0 Å². The average Bonchev–Trinajstić information content (AvgIpc) is 2.84. The first-order valence-corrected chi connectivity index (χ1v) is 9.02. The number of nitrogens with zero attached hydrogens (tertiary/aromatic N) is 2. The molecule has 2 heterocycles. The summed E-state index contributed by atoms with van der Waals surface area (Å²) in [7, 11) is 0. The Balaban J connectivity index is 1.50. The van der Waals surface area contributed by atoms with E-state index in [-0.39, 0.29) is 0 Å². The smallest absolute Gasteiger partial charge is 0.156 e. The van der Waals surface area contributed by atoms with Crippen LogP contribution in [0.3, 0.4) is 0 Å². The third-order valence-electron chi connectivity index (χ3n) is 3.90. The largest absolute Gasteiger partial charge is 0.362 e. The van der Waals surface area contributed by atoms with Gasteiger partial charge in [0.15, 0.2) is 5.17 Å². The number of amidine groups is 1. The van der Waals surface area contributed by atoms with Gasteiger partial charge in [-0.15, -0.1) is 11.3 Å². The van der Waals surface area contributed by atoms with E-state index < -0.39 is 0 Å². The zero-order chi connectivity index (χ0) is 13.1. The minimum absolute atomic E-state index is 0.691. The summed E-state index contributed by atoms with van der Waals surface area (Å²) in [5.74, 6) is 2.13. The van der Waals surface area contributed by atoms with E-state index in [1.54, 1.807) is 11.3 Å². The molecule has 1 aromatic heterocycles. The van der Waals surface area contributed by atoms with Gasteiger partial charge in [-0.1, -0.05) is 24.6 Å². The molecule has 0 aromatic carbocycles. The minimum Gasteiger partial charge on any atom is -0.362 e. The van der Waals surface area contributed by atoms with Crippen molar-refractivity contribution >= 4 is 28.3 Å². The first-order chi connectivity index (χ1) is 9.31. The zero-order valence-corrected chi connectivity index (χ0v) is 13.0. The summed E-state index contributed by atoms with van der Waals surface area (Å²) in [4.78, 5) is 9.19. The van der Waals surface area contributed by atoms with Gasteiger partial charge in [0.05, 0.1) is 5.01 Å². The van der Waals surface area contributed by atoms with Crippen LogP contribution >= 0.6 is 23.1 Å². The molecule has 1 aliphatic carbocycles. The van der Waals surface area contributed by atoms with Crippen LogP contribution in [0.4, 0.5) is 0 Å². The topological polar surface area (TPSA) is 37.3 Å². The van der Waals surface area contributed by atoms with Crippen LogP contribution < -0.4 is 5.32 Å². The summed E-state index contributed by atoms with van der Waals surface area (Å²) in [5, 5.41) is 8.13. The zero-order valence-electron chi connectivity index (χ0n) is 11.4. The van der Waals surface area contributed by atoms with Gasteiger partial charge < -0.3 is 5.32 Å². The Morgan fingerprint density at radius 2 is 2.32 bits per heavy atom. The Bertz CT molecular complexity index is 455. The second-order valence-corrected chi connectivity index (χ2v) is 7.38. The third-order valence-corrected chi connectivity index (χ3v) is 6.04. The number of hydrogen-bond acceptors (Lipinski definition) is 4. The van der Waals surface area contributed by atoms with E-state index in [2.05, 4.69) is 15.7 Å². The van der Waals surface area contributed by atoms with Gasteiger partial charge in [0, 0.05) is 35.8 Å². The molecule has 1 N–H and O–H groups in total. The van der Waals surface area contributed by atoms with E-state index in [9.17, 15) is 0 Å². The Morgan fingerprint density at radius 3 is 3.16 bits per heavy atom. The van der Waals surface area contributed by atoms with Crippen LogP contribution in [0, 0.1) is 12.8 Å². The van der Waals surface area contributed by atoms with E-state index in [0.29, 0.717) is 6.04 Å². The SMILES string of the molecule is Cc1csc(CCN=C2NC3CCCCC3CS2)n1. The summed E-state index contributed by atoms with van der Waals surface area (Å²) in [6.45, 7) is 2.91. The van der Waals surface area contributed by atoms with Gasteiger partial charge in [0.2, 0.25) is 0 Å². The number of aliphatic imine (C=N–C) groups is 1. The van der Waals surface area contributed by atoms with E-state index in [1.807, 2.05) is 18.7 Å². The molecule has 3 nitrogen and oxygen atoms in total. The van der Waals surface area contributed by atoms with Crippen molar-refractivity contribution < 1.29 is 0 Å². The molecular weight excluding hydrogens is 274 g/mol. The lowest BCUT2D eigenvalue weighted by Gasteiger charge is -2.36. The normalized spacial score (nSPS) is 29.0. The van der Waals surface area contributed by atoms with Crippen LogP contribution in [0.1, 0.15) is 36.4 Å². The standard InChI is InChI=1S/C14H21N3S2/c1-10-8-18-13(16-10)6-7-15-14-17-12-5-3-2-4-11(12)9-19-14/h8,11-12H,2-7,9H2,1H3,(H,15,17). The van der Waals surface area contributed by atoms with Gasteiger partial charge in [-0.2, -0.15) is 0 Å². The molecule has 2 aliphatic rings. The predicted molar refractivity (Wildman–Crippen MR) is 84.2 cm³/mol. The summed E-state index contributed by atoms with van der Waals surface area (Å²) < 4.78 is 0. The Hall–Kier alpha value is -0.550. The number of nitrogens with one attached hydrogen (secondary N) is 1. The van der Waals surface area contributed by atoms with Crippen LogP contribution in [-0.4, -0.2) is 28.5 Å². The van der Waals surface area contributed by atoms with Crippen LogP contribution in [-0.2, 0) is 6.42 Å². The van der Waals surface area contributed by atoms with Crippen molar-refractivity contribution in [3.63, 3.8) is 0 Å². The fourth-order valence-electron chi connectivity index (χ4n) is 2.85. The number of thiazole rings is 1. The number of aromatic nitrogens is 1. The van der Waals surface area contributed by atoms with Crippen molar-refractivity contribution in [3.8, 4) is 0 Å². The number of hydrogen-bond donors (Lipinski definition) is 1. The van der Waals surface area contributed by atoms with E-state index in [4.69, 9.17) is 4.99 Å². The summed E-state index contributed by atoms with van der Waals surface area (Å²) in [5.41, 5.74) is 1.13. The third kappa shape index (κ3) is 3.51. The maximum Gasteiger partial charge on any atom is 0.156 e. The van der Waals surface area contributed by atoms with Crippen LogP contribution in [0.25, 0.3) is 0 Å². The van der Waals surface area contributed by atoms with Crippen molar-refractivity contribution in [1.82, 2.24) is 10.3 Å². The molecule has 0 bridgehead atoms. The lowest BCUT2D eigenvalue weighted by atomic mass is 9.86. The maximum absolute atomic E-state index is 4.71. The molecule has 1 saturated heterocycles. The van der Waals surface area contributed by atoms with Crippen LogP contribution in [0.15, 0.2) is 10.4 Å². The predicted octanol–water partition coefficient (Wildman–Crippen LogP) is 3.25. The first kappa shape index (κ1) is 13.4. The molecule has 3 rings (SSSR count). The highest BCUT2D eigenvalue weighted by atomic mass is 32.2. The highest BCUT2D eigenvalue weighted by molar-refractivity contribution is 8.13. The number of fused-ring (bicyclic) bond motifs is 1. The van der Waals surface area contributed by atoms with Crippen molar-refractivity contribution in [1.29, 1.82) is 0 Å². The lowest BCUT2D eigenvalue weighted by molar-refractivity contribution is 0.311. The van der Waals surface area contributed by atoms with Gasteiger partial charge >= 0.3 is 0 Å². The molecule has 0 spiro atoms. The summed E-state index contributed by atoms with van der Waals surface area (Å²) in [6, 6.07) is 0.691. The van der Waals surface area contributed by atoms with Crippen molar-refractivity contribution in [2.24, 2.45) is 10.9 Å². The molecule has 1 saturated carbocycles. The Kier molecular flexibility index (Phi) is 4.43.